The first-order valence-corrected chi connectivity index (χ1v) is 16.2. The SMILES string of the molecule is C[C@@H]1O[C@@H](OC[C@H]2O[C@@H](Oc3cc(O)c4c(=O)cc(-c5ccc(O)cc5)oc4c3)[C@H](O[C@@H]3O[C@H](C(=O)O)[C@@H](O)[C@H](O)[C@H]3O)[C@@H](O)[C@@H]2O)[C@H](O)[C@H](O)[C@H]1O. The fraction of sp³-hybridized carbons (Fsp3) is 0.515. The van der Waals surface area contributed by atoms with E-state index in [0.717, 1.165) is 18.2 Å². The molecule has 0 saturated carbocycles. The van der Waals surface area contributed by atoms with Gasteiger partial charge in [-0.1, -0.05) is 0 Å². The van der Waals surface area contributed by atoms with E-state index in [1.165, 1.54) is 31.2 Å². The third-order valence-corrected chi connectivity index (χ3v) is 9.17. The molecule has 20 heteroatoms. The normalized spacial score (nSPS) is 37.7. The molecule has 20 nitrogen and oxygen atoms in total. The third kappa shape index (κ3) is 7.68. The van der Waals surface area contributed by atoms with Crippen LogP contribution in [-0.2, 0) is 28.5 Å². The van der Waals surface area contributed by atoms with E-state index in [9.17, 15) is 65.8 Å². The van der Waals surface area contributed by atoms with Crippen LogP contribution in [0.15, 0.2) is 51.7 Å². The van der Waals surface area contributed by atoms with E-state index in [1.54, 1.807) is 0 Å². The molecule has 4 heterocycles. The van der Waals surface area contributed by atoms with Gasteiger partial charge in [0.05, 0.1) is 12.7 Å². The van der Waals surface area contributed by atoms with Crippen molar-refractivity contribution in [2.45, 2.75) is 99.0 Å². The molecule has 15 atom stereocenters. The number of aromatic hydroxyl groups is 2. The summed E-state index contributed by atoms with van der Waals surface area (Å²) >= 11 is 0. The van der Waals surface area contributed by atoms with Gasteiger partial charge in [-0.2, -0.15) is 0 Å². The van der Waals surface area contributed by atoms with E-state index >= 15 is 0 Å². The van der Waals surface area contributed by atoms with E-state index < -0.39 is 116 Å². The molecule has 0 aliphatic carbocycles. The number of carbonyl (C=O) groups is 1. The Bertz CT molecular complexity index is 1820. The van der Waals surface area contributed by atoms with Crippen LogP contribution in [-0.4, -0.2) is 161 Å². The first-order valence-electron chi connectivity index (χ1n) is 16.2. The lowest BCUT2D eigenvalue weighted by molar-refractivity contribution is -0.359. The van der Waals surface area contributed by atoms with E-state index in [0.29, 0.717) is 5.56 Å². The predicted octanol–water partition coefficient (Wildman–Crippen LogP) is -3.18. The van der Waals surface area contributed by atoms with Crippen LogP contribution in [0.2, 0.25) is 0 Å². The van der Waals surface area contributed by atoms with Crippen molar-refractivity contribution in [1.82, 2.24) is 0 Å². The minimum atomic E-state index is -2.11. The van der Waals surface area contributed by atoms with Crippen LogP contribution in [0.25, 0.3) is 22.3 Å². The molecule has 3 aromatic rings. The number of fused-ring (bicyclic) bond motifs is 1. The summed E-state index contributed by atoms with van der Waals surface area (Å²) in [7, 11) is 0. The predicted molar refractivity (Wildman–Crippen MR) is 170 cm³/mol. The topological polar surface area (TPSA) is 325 Å². The Balaban J connectivity index is 1.31. The highest BCUT2D eigenvalue weighted by atomic mass is 16.8. The quantitative estimate of drug-likeness (QED) is 0.103. The van der Waals surface area contributed by atoms with Crippen molar-refractivity contribution in [1.29, 1.82) is 0 Å². The zero-order valence-electron chi connectivity index (χ0n) is 27.5. The van der Waals surface area contributed by atoms with Gasteiger partial charge in [-0.05, 0) is 31.2 Å². The van der Waals surface area contributed by atoms with Crippen molar-refractivity contribution >= 4 is 16.9 Å². The molecule has 0 unspecified atom stereocenters. The van der Waals surface area contributed by atoms with Gasteiger partial charge in [-0.3, -0.25) is 4.79 Å². The van der Waals surface area contributed by atoms with Crippen molar-refractivity contribution in [3.63, 3.8) is 0 Å². The second-order valence-corrected chi connectivity index (χ2v) is 12.8. The van der Waals surface area contributed by atoms with Crippen LogP contribution in [0.1, 0.15) is 6.92 Å². The van der Waals surface area contributed by atoms with E-state index in [-0.39, 0.29) is 28.2 Å². The Morgan fingerprint density at radius 1 is 0.736 bits per heavy atom. The first kappa shape index (κ1) is 38.7. The van der Waals surface area contributed by atoms with Crippen molar-refractivity contribution in [3.8, 4) is 28.6 Å². The van der Waals surface area contributed by atoms with Gasteiger partial charge in [0.25, 0.3) is 0 Å². The smallest absolute Gasteiger partial charge is 0.335 e. The molecule has 53 heavy (non-hydrogen) atoms. The Morgan fingerprint density at radius 3 is 2.08 bits per heavy atom. The Hall–Kier alpha value is -4.00. The summed E-state index contributed by atoms with van der Waals surface area (Å²) in [6.07, 6.45) is -27.1. The number of carboxylic acids is 1. The minimum absolute atomic E-state index is 0.0428. The van der Waals surface area contributed by atoms with Gasteiger partial charge < -0.3 is 89.0 Å². The molecule has 3 aliphatic rings. The number of rotatable bonds is 9. The number of aliphatic hydroxyl groups excluding tert-OH is 8. The maximum atomic E-state index is 13.0. The molecular formula is C33H38O20. The number of aliphatic hydroxyl groups is 8. The van der Waals surface area contributed by atoms with Gasteiger partial charge >= 0.3 is 5.97 Å². The molecule has 11 N–H and O–H groups in total. The lowest BCUT2D eigenvalue weighted by atomic mass is 9.97. The Kier molecular flexibility index (Phi) is 11.2. The monoisotopic (exact) mass is 754 g/mol. The summed E-state index contributed by atoms with van der Waals surface area (Å²) in [5.41, 5.74) is -0.464. The molecule has 6 rings (SSSR count). The summed E-state index contributed by atoms with van der Waals surface area (Å²) in [6, 6.07) is 8.92. The van der Waals surface area contributed by atoms with Crippen LogP contribution in [0.5, 0.6) is 17.2 Å². The van der Waals surface area contributed by atoms with Crippen LogP contribution in [0, 0.1) is 0 Å². The summed E-state index contributed by atoms with van der Waals surface area (Å²) < 4.78 is 39.4. The molecule has 0 amide bonds. The van der Waals surface area contributed by atoms with E-state index in [1.807, 2.05) is 0 Å². The van der Waals surface area contributed by atoms with Gasteiger partial charge in [-0.25, -0.2) is 4.79 Å². The summed E-state index contributed by atoms with van der Waals surface area (Å²) in [5.74, 6) is -2.65. The maximum absolute atomic E-state index is 13.0. The molecular weight excluding hydrogens is 716 g/mol. The zero-order chi connectivity index (χ0) is 38.5. The second kappa shape index (κ2) is 15.4. The number of phenols is 2. The molecule has 0 spiro atoms. The number of benzene rings is 2. The van der Waals surface area contributed by atoms with Crippen LogP contribution < -0.4 is 10.2 Å². The standard InChI is InChI=1S/C33H38O20/c1-10-20(37)22(39)26(43)31(48-10)47-9-18-21(38)24(41)29(53-32-27(44)23(40)25(42)28(52-32)30(45)46)33(51-18)49-13-6-14(35)19-15(36)8-16(50-17(19)7-13)11-2-4-12(34)5-3-11/h2-8,10,18,20-29,31-35,37-44H,9H2,1H3,(H,45,46)/t10-,18+,20-,21+,22+,23-,24-,25-,26+,27+,28-,29+,31+,32-,33+/m0/s1. The number of hydrogen-bond donors (Lipinski definition) is 11. The Morgan fingerprint density at radius 2 is 1.40 bits per heavy atom. The Labute approximate surface area is 297 Å². The van der Waals surface area contributed by atoms with Gasteiger partial charge in [0, 0.05) is 23.8 Å². The van der Waals surface area contributed by atoms with Crippen molar-refractivity contribution in [2.24, 2.45) is 0 Å². The second-order valence-electron chi connectivity index (χ2n) is 12.8. The van der Waals surface area contributed by atoms with Crippen molar-refractivity contribution in [3.05, 3.63) is 52.7 Å². The molecule has 0 bridgehead atoms. The molecule has 3 fully saturated rings. The number of hydrogen-bond acceptors (Lipinski definition) is 19. The lowest BCUT2D eigenvalue weighted by Crippen LogP contribution is -2.66. The van der Waals surface area contributed by atoms with Gasteiger partial charge in [0.2, 0.25) is 6.29 Å². The molecule has 2 aromatic carbocycles. The fourth-order valence-corrected chi connectivity index (χ4v) is 6.16. The highest BCUT2D eigenvalue weighted by Gasteiger charge is 2.53. The minimum Gasteiger partial charge on any atom is -0.508 e. The highest BCUT2D eigenvalue weighted by Crippen LogP contribution is 2.35. The maximum Gasteiger partial charge on any atom is 0.335 e. The molecule has 0 radical (unpaired) electrons. The van der Waals surface area contributed by atoms with Gasteiger partial charge in [0.1, 0.15) is 88.9 Å². The van der Waals surface area contributed by atoms with Gasteiger partial charge in [0.15, 0.2) is 30.2 Å². The average Bonchev–Trinajstić information content (AvgIpc) is 3.11. The van der Waals surface area contributed by atoms with Gasteiger partial charge in [-0.15, -0.1) is 0 Å². The number of phenolic OH excluding ortho intramolecular Hbond substituents is 2. The fourth-order valence-electron chi connectivity index (χ4n) is 6.16. The van der Waals surface area contributed by atoms with E-state index in [4.69, 9.17) is 32.8 Å². The van der Waals surface area contributed by atoms with Crippen molar-refractivity contribution < 1.29 is 93.8 Å². The summed E-state index contributed by atoms with van der Waals surface area (Å²) in [6.45, 7) is 0.740. The summed E-state index contributed by atoms with van der Waals surface area (Å²) in [4.78, 5) is 24.7. The van der Waals surface area contributed by atoms with Crippen LogP contribution in [0.3, 0.4) is 0 Å². The van der Waals surface area contributed by atoms with Crippen LogP contribution >= 0.6 is 0 Å². The number of ether oxygens (including phenoxy) is 6. The average molecular weight is 755 g/mol. The number of aliphatic carboxylic acids is 1. The first-order chi connectivity index (χ1) is 25.0. The van der Waals surface area contributed by atoms with Crippen molar-refractivity contribution in [2.75, 3.05) is 6.61 Å². The molecule has 3 aliphatic heterocycles. The van der Waals surface area contributed by atoms with Crippen LogP contribution in [0.4, 0.5) is 0 Å². The van der Waals surface area contributed by atoms with E-state index in [2.05, 4.69) is 0 Å². The highest BCUT2D eigenvalue weighted by molar-refractivity contribution is 5.86. The molecule has 1 aromatic heterocycles. The molecule has 290 valence electrons. The lowest BCUT2D eigenvalue weighted by Gasteiger charge is -2.46. The summed E-state index contributed by atoms with van der Waals surface area (Å²) in [5, 5.41) is 114. The largest absolute Gasteiger partial charge is 0.508 e. The zero-order valence-corrected chi connectivity index (χ0v) is 27.5. The molecule has 3 saturated heterocycles. The third-order valence-electron chi connectivity index (χ3n) is 9.17. The number of carboxylic acid groups (broad SMARTS) is 1.